The maximum atomic E-state index is 13.1. The Morgan fingerprint density at radius 2 is 2.00 bits per heavy atom. The highest BCUT2D eigenvalue weighted by Crippen LogP contribution is 2.55. The molecule has 2 nitrogen and oxygen atoms in total. The minimum Gasteiger partial charge on any atom is -0.466 e. The standard InChI is InChI=1S/C13H11ClF2O2/c1-18-12(17)6-10(11-7-13(11,15)16)8-2-4-9(14)5-3-8/h2-6,11H,7H2,1H3. The lowest BCUT2D eigenvalue weighted by Gasteiger charge is -2.07. The van der Waals surface area contributed by atoms with E-state index in [1.54, 1.807) is 24.3 Å². The first kappa shape index (κ1) is 13.0. The molecule has 0 bridgehead atoms. The maximum absolute atomic E-state index is 13.1. The van der Waals surface area contributed by atoms with Crippen molar-refractivity contribution in [1.82, 2.24) is 0 Å². The number of halogens is 3. The molecule has 0 saturated heterocycles. The largest absolute Gasteiger partial charge is 0.466 e. The molecule has 1 aliphatic carbocycles. The molecule has 0 spiro atoms. The second-order valence-corrected chi connectivity index (χ2v) is 4.58. The lowest BCUT2D eigenvalue weighted by atomic mass is 10.0. The SMILES string of the molecule is COC(=O)C=C(c1ccc(Cl)cc1)C1CC1(F)F. The Morgan fingerprint density at radius 1 is 1.44 bits per heavy atom. The number of esters is 1. The van der Waals surface area contributed by atoms with Crippen LogP contribution in [0.1, 0.15) is 12.0 Å². The molecule has 5 heteroatoms. The van der Waals surface area contributed by atoms with Gasteiger partial charge in [-0.1, -0.05) is 23.7 Å². The Labute approximate surface area is 108 Å². The summed E-state index contributed by atoms with van der Waals surface area (Å²) in [6.45, 7) is 0. The van der Waals surface area contributed by atoms with Crippen molar-refractivity contribution in [2.75, 3.05) is 7.11 Å². The first-order valence-corrected chi connectivity index (χ1v) is 5.75. The van der Waals surface area contributed by atoms with Crippen LogP contribution in [0.25, 0.3) is 5.57 Å². The smallest absolute Gasteiger partial charge is 0.330 e. The second kappa shape index (κ2) is 4.69. The van der Waals surface area contributed by atoms with Crippen LogP contribution in [0.3, 0.4) is 0 Å². The van der Waals surface area contributed by atoms with Gasteiger partial charge in [0, 0.05) is 17.5 Å². The van der Waals surface area contributed by atoms with E-state index in [-0.39, 0.29) is 6.42 Å². The average Bonchev–Trinajstić information content (AvgIpc) is 2.96. The summed E-state index contributed by atoms with van der Waals surface area (Å²) in [6.07, 6.45) is 0.882. The average molecular weight is 273 g/mol. The number of allylic oxidation sites excluding steroid dienone is 1. The molecule has 96 valence electrons. The van der Waals surface area contributed by atoms with Crippen molar-refractivity contribution in [2.45, 2.75) is 12.3 Å². The summed E-state index contributed by atoms with van der Waals surface area (Å²) in [5.74, 6) is -4.29. The Balaban J connectivity index is 2.34. The lowest BCUT2D eigenvalue weighted by molar-refractivity contribution is -0.134. The van der Waals surface area contributed by atoms with E-state index in [1.807, 2.05) is 0 Å². The number of ether oxygens (including phenoxy) is 1. The predicted octanol–water partition coefficient (Wildman–Crippen LogP) is 3.55. The molecule has 0 radical (unpaired) electrons. The number of methoxy groups -OCH3 is 1. The number of hydrogen-bond donors (Lipinski definition) is 0. The molecule has 1 aromatic rings. The number of rotatable bonds is 3. The van der Waals surface area contributed by atoms with Crippen molar-refractivity contribution in [3.05, 3.63) is 40.9 Å². The summed E-state index contributed by atoms with van der Waals surface area (Å²) < 4.78 is 30.8. The third-order valence-electron chi connectivity index (χ3n) is 2.85. The monoisotopic (exact) mass is 272 g/mol. The van der Waals surface area contributed by atoms with Gasteiger partial charge >= 0.3 is 5.97 Å². The second-order valence-electron chi connectivity index (χ2n) is 4.15. The molecule has 0 aliphatic heterocycles. The van der Waals surface area contributed by atoms with Gasteiger partial charge in [0.05, 0.1) is 13.0 Å². The Morgan fingerprint density at radius 3 is 2.44 bits per heavy atom. The van der Waals surface area contributed by atoms with Crippen LogP contribution in [0.5, 0.6) is 0 Å². The van der Waals surface area contributed by atoms with Gasteiger partial charge in [-0.3, -0.25) is 0 Å². The van der Waals surface area contributed by atoms with Gasteiger partial charge in [0.1, 0.15) is 0 Å². The molecule has 0 heterocycles. The predicted molar refractivity (Wildman–Crippen MR) is 64.5 cm³/mol. The first-order chi connectivity index (χ1) is 8.44. The van der Waals surface area contributed by atoms with Gasteiger partial charge in [-0.25, -0.2) is 13.6 Å². The van der Waals surface area contributed by atoms with Gasteiger partial charge < -0.3 is 4.74 Å². The summed E-state index contributed by atoms with van der Waals surface area (Å²) >= 11 is 5.74. The van der Waals surface area contributed by atoms with E-state index in [2.05, 4.69) is 4.74 Å². The van der Waals surface area contributed by atoms with Crippen LogP contribution in [0.15, 0.2) is 30.3 Å². The zero-order valence-electron chi connectivity index (χ0n) is 9.62. The molecule has 1 atom stereocenters. The molecular weight excluding hydrogens is 262 g/mol. The molecule has 18 heavy (non-hydrogen) atoms. The van der Waals surface area contributed by atoms with Crippen molar-refractivity contribution in [3.63, 3.8) is 0 Å². The minimum absolute atomic E-state index is 0.238. The molecule has 1 aliphatic rings. The summed E-state index contributed by atoms with van der Waals surface area (Å²) in [5, 5.41) is 0.513. The van der Waals surface area contributed by atoms with E-state index in [0.717, 1.165) is 6.08 Å². The third-order valence-corrected chi connectivity index (χ3v) is 3.11. The fourth-order valence-corrected chi connectivity index (χ4v) is 1.89. The van der Waals surface area contributed by atoms with E-state index in [0.29, 0.717) is 16.2 Å². The molecule has 0 amide bonds. The Kier molecular flexibility index (Phi) is 3.39. The molecule has 1 aromatic carbocycles. The number of carbonyl (C=O) groups excluding carboxylic acids is 1. The molecule has 2 rings (SSSR count). The number of carbonyl (C=O) groups is 1. The number of hydrogen-bond acceptors (Lipinski definition) is 2. The molecule has 1 fully saturated rings. The van der Waals surface area contributed by atoms with E-state index in [9.17, 15) is 13.6 Å². The summed E-state index contributed by atoms with van der Waals surface area (Å²) in [6, 6.07) is 6.43. The quantitative estimate of drug-likeness (QED) is 0.621. The van der Waals surface area contributed by atoms with Crippen LogP contribution < -0.4 is 0 Å². The van der Waals surface area contributed by atoms with Crippen molar-refractivity contribution in [3.8, 4) is 0 Å². The van der Waals surface area contributed by atoms with E-state index in [4.69, 9.17) is 11.6 Å². The van der Waals surface area contributed by atoms with Crippen LogP contribution in [0, 0.1) is 5.92 Å². The molecule has 0 N–H and O–H groups in total. The topological polar surface area (TPSA) is 26.3 Å². The number of benzene rings is 1. The van der Waals surface area contributed by atoms with Crippen molar-refractivity contribution >= 4 is 23.1 Å². The van der Waals surface area contributed by atoms with Crippen molar-refractivity contribution in [2.24, 2.45) is 5.92 Å². The van der Waals surface area contributed by atoms with Gasteiger partial charge in [-0.05, 0) is 23.3 Å². The van der Waals surface area contributed by atoms with Crippen LogP contribution in [-0.2, 0) is 9.53 Å². The maximum Gasteiger partial charge on any atom is 0.330 e. The molecule has 0 aromatic heterocycles. The normalized spacial score (nSPS) is 21.6. The Hall–Kier alpha value is -1.42. The fourth-order valence-electron chi connectivity index (χ4n) is 1.76. The highest BCUT2D eigenvalue weighted by Gasteiger charge is 2.58. The summed E-state index contributed by atoms with van der Waals surface area (Å²) in [4.78, 5) is 11.2. The van der Waals surface area contributed by atoms with E-state index >= 15 is 0 Å². The van der Waals surface area contributed by atoms with E-state index in [1.165, 1.54) is 7.11 Å². The van der Waals surface area contributed by atoms with Crippen LogP contribution >= 0.6 is 11.6 Å². The first-order valence-electron chi connectivity index (χ1n) is 5.37. The van der Waals surface area contributed by atoms with Crippen molar-refractivity contribution in [1.29, 1.82) is 0 Å². The molecule has 1 saturated carbocycles. The highest BCUT2D eigenvalue weighted by atomic mass is 35.5. The fraction of sp³-hybridized carbons (Fsp3) is 0.308. The van der Waals surface area contributed by atoms with Crippen LogP contribution in [0.2, 0.25) is 5.02 Å². The van der Waals surface area contributed by atoms with Crippen LogP contribution in [0.4, 0.5) is 8.78 Å². The van der Waals surface area contributed by atoms with E-state index < -0.39 is 17.8 Å². The third kappa shape index (κ3) is 2.70. The number of alkyl halides is 2. The van der Waals surface area contributed by atoms with Gasteiger partial charge in [0.2, 0.25) is 0 Å². The molecule has 1 unspecified atom stereocenters. The van der Waals surface area contributed by atoms with Gasteiger partial charge in [-0.15, -0.1) is 0 Å². The summed E-state index contributed by atoms with van der Waals surface area (Å²) in [7, 11) is 1.21. The van der Waals surface area contributed by atoms with Gasteiger partial charge in [-0.2, -0.15) is 0 Å². The van der Waals surface area contributed by atoms with Gasteiger partial charge in [0.25, 0.3) is 5.92 Å². The Bertz CT molecular complexity index is 494. The summed E-state index contributed by atoms with van der Waals surface area (Å²) in [5.41, 5.74) is 0.857. The minimum atomic E-state index is -2.74. The molecular formula is C13H11ClF2O2. The van der Waals surface area contributed by atoms with Crippen molar-refractivity contribution < 1.29 is 18.3 Å². The lowest BCUT2D eigenvalue weighted by Crippen LogP contribution is -2.02. The van der Waals surface area contributed by atoms with Gasteiger partial charge in [0.15, 0.2) is 0 Å². The highest BCUT2D eigenvalue weighted by molar-refractivity contribution is 6.30. The zero-order valence-corrected chi connectivity index (χ0v) is 10.4. The van der Waals surface area contributed by atoms with Crippen LogP contribution in [-0.4, -0.2) is 19.0 Å². The zero-order chi connectivity index (χ0) is 13.3.